The molecule has 0 N–H and O–H groups in total. The molecule has 0 radical (unpaired) electrons. The van der Waals surface area contributed by atoms with Crippen LogP contribution < -0.4 is 0 Å². The maximum Gasteiger partial charge on any atom is 0.136 e. The number of furan rings is 1. The first-order valence-corrected chi connectivity index (χ1v) is 21.0. The topological polar surface area (TPSA) is 13.1 Å². The molecule has 280 valence electrons. The van der Waals surface area contributed by atoms with Gasteiger partial charge in [0.05, 0.1) is 0 Å². The minimum absolute atomic E-state index is 0.129. The van der Waals surface area contributed by atoms with Gasteiger partial charge in [0.2, 0.25) is 0 Å². The summed E-state index contributed by atoms with van der Waals surface area (Å²) in [5, 5.41) is 15.0. The van der Waals surface area contributed by atoms with Gasteiger partial charge in [-0.3, -0.25) is 0 Å². The fourth-order valence-electron chi connectivity index (χ4n) is 10.9. The Kier molecular flexibility index (Phi) is 6.85. The molecule has 0 bridgehead atoms. The average molecular weight is 763 g/mol. The van der Waals surface area contributed by atoms with Crippen LogP contribution in [0.15, 0.2) is 199 Å². The van der Waals surface area contributed by atoms with Gasteiger partial charge in [0.25, 0.3) is 0 Å². The monoisotopic (exact) mass is 762 g/mol. The van der Waals surface area contributed by atoms with E-state index in [4.69, 9.17) is 4.42 Å². The molecule has 0 aliphatic heterocycles. The predicted molar refractivity (Wildman–Crippen MR) is 255 cm³/mol. The van der Waals surface area contributed by atoms with E-state index in [1.165, 1.54) is 115 Å². The summed E-state index contributed by atoms with van der Waals surface area (Å²) in [4.78, 5) is 0. The lowest BCUT2D eigenvalue weighted by atomic mass is 9.80. The van der Waals surface area contributed by atoms with Crippen molar-refractivity contribution in [3.63, 3.8) is 0 Å². The van der Waals surface area contributed by atoms with E-state index in [0.29, 0.717) is 0 Å². The van der Waals surface area contributed by atoms with Crippen molar-refractivity contribution in [2.45, 2.75) is 19.3 Å². The second-order valence-electron chi connectivity index (χ2n) is 17.2. The third kappa shape index (κ3) is 4.63. The van der Waals surface area contributed by atoms with Crippen molar-refractivity contribution in [1.29, 1.82) is 0 Å². The van der Waals surface area contributed by atoms with Crippen LogP contribution >= 0.6 is 0 Å². The van der Waals surface area contributed by atoms with Crippen LogP contribution in [0.1, 0.15) is 25.0 Å². The molecule has 1 heteroatoms. The van der Waals surface area contributed by atoms with Gasteiger partial charge < -0.3 is 4.42 Å². The SMILES string of the molecule is CC1(C)c2ccc3oc4ccc(-c5ccc6cc(-c7c8ccccc8c(-c8cccc9ccccc89)c8ccccc78)ccc6c5)cc4c3c2-c2ccc3ccccc3c21. The molecular weight excluding hydrogens is 725 g/mol. The maximum absolute atomic E-state index is 6.58. The quantitative estimate of drug-likeness (QED) is 0.163. The number of benzene rings is 11. The lowest BCUT2D eigenvalue weighted by Crippen LogP contribution is -2.15. The minimum atomic E-state index is -0.129. The molecule has 1 aliphatic carbocycles. The van der Waals surface area contributed by atoms with Gasteiger partial charge in [0.1, 0.15) is 11.2 Å². The molecule has 11 aromatic carbocycles. The lowest BCUT2D eigenvalue weighted by Gasteiger charge is -2.23. The van der Waals surface area contributed by atoms with E-state index >= 15 is 0 Å². The summed E-state index contributed by atoms with van der Waals surface area (Å²) in [5.41, 5.74) is 14.6. The van der Waals surface area contributed by atoms with Gasteiger partial charge in [0, 0.05) is 16.2 Å². The molecule has 0 amide bonds. The fraction of sp³-hybridized carbons (Fsp3) is 0.0508. The van der Waals surface area contributed by atoms with Crippen LogP contribution in [0.5, 0.6) is 0 Å². The summed E-state index contributed by atoms with van der Waals surface area (Å²) in [6.45, 7) is 4.74. The van der Waals surface area contributed by atoms with Crippen LogP contribution in [-0.4, -0.2) is 0 Å². The van der Waals surface area contributed by atoms with E-state index < -0.39 is 0 Å². The first-order valence-electron chi connectivity index (χ1n) is 21.0. The van der Waals surface area contributed by atoms with Crippen LogP contribution in [0.25, 0.3) is 120 Å². The lowest BCUT2D eigenvalue weighted by molar-refractivity contribution is 0.660. The fourth-order valence-corrected chi connectivity index (χ4v) is 10.9. The Labute approximate surface area is 347 Å². The molecule has 60 heavy (non-hydrogen) atoms. The van der Waals surface area contributed by atoms with Gasteiger partial charge in [-0.1, -0.05) is 178 Å². The van der Waals surface area contributed by atoms with E-state index in [1.807, 2.05) is 0 Å². The number of fused-ring (bicyclic) bond motifs is 13. The van der Waals surface area contributed by atoms with Crippen molar-refractivity contribution >= 4 is 75.8 Å². The van der Waals surface area contributed by atoms with E-state index in [1.54, 1.807) is 0 Å². The molecule has 0 atom stereocenters. The summed E-state index contributed by atoms with van der Waals surface area (Å²) in [5.74, 6) is 0. The number of hydrogen-bond acceptors (Lipinski definition) is 1. The normalized spacial score (nSPS) is 13.3. The predicted octanol–water partition coefficient (Wildman–Crippen LogP) is 16.7. The van der Waals surface area contributed by atoms with E-state index in [-0.39, 0.29) is 5.41 Å². The van der Waals surface area contributed by atoms with Crippen molar-refractivity contribution < 1.29 is 4.42 Å². The van der Waals surface area contributed by atoms with Crippen LogP contribution in [0, 0.1) is 0 Å². The maximum atomic E-state index is 6.58. The van der Waals surface area contributed by atoms with Gasteiger partial charge >= 0.3 is 0 Å². The third-order valence-corrected chi connectivity index (χ3v) is 13.6. The van der Waals surface area contributed by atoms with Gasteiger partial charge in [-0.25, -0.2) is 0 Å². The highest BCUT2D eigenvalue weighted by Crippen LogP contribution is 2.55. The second-order valence-corrected chi connectivity index (χ2v) is 17.2. The molecule has 0 saturated heterocycles. The molecule has 13 rings (SSSR count). The highest BCUT2D eigenvalue weighted by Gasteiger charge is 2.38. The molecular formula is C59H38O. The third-order valence-electron chi connectivity index (χ3n) is 13.6. The number of rotatable bonds is 3. The molecule has 0 saturated carbocycles. The summed E-state index contributed by atoms with van der Waals surface area (Å²) in [6, 6.07) is 71.8. The Balaban J connectivity index is 0.955. The Bertz CT molecular complexity index is 3740. The van der Waals surface area contributed by atoms with Crippen LogP contribution in [-0.2, 0) is 5.41 Å². The molecule has 0 spiro atoms. The first kappa shape index (κ1) is 33.5. The van der Waals surface area contributed by atoms with E-state index in [0.717, 1.165) is 16.6 Å². The molecule has 1 heterocycles. The minimum Gasteiger partial charge on any atom is -0.456 e. The molecule has 12 aromatic rings. The molecule has 1 aliphatic rings. The molecule has 0 unspecified atom stereocenters. The summed E-state index contributed by atoms with van der Waals surface area (Å²) in [6.07, 6.45) is 0. The zero-order valence-electron chi connectivity index (χ0n) is 33.4. The highest BCUT2D eigenvalue weighted by atomic mass is 16.3. The van der Waals surface area contributed by atoms with Crippen molar-refractivity contribution in [2.75, 3.05) is 0 Å². The van der Waals surface area contributed by atoms with E-state index in [2.05, 4.69) is 208 Å². The van der Waals surface area contributed by atoms with Gasteiger partial charge in [-0.2, -0.15) is 0 Å². The van der Waals surface area contributed by atoms with Crippen molar-refractivity contribution in [1.82, 2.24) is 0 Å². The zero-order chi connectivity index (χ0) is 39.7. The van der Waals surface area contributed by atoms with Gasteiger partial charge in [-0.05, 0) is 140 Å². The Morgan fingerprint density at radius 1 is 0.333 bits per heavy atom. The van der Waals surface area contributed by atoms with E-state index in [9.17, 15) is 0 Å². The summed E-state index contributed by atoms with van der Waals surface area (Å²) in [7, 11) is 0. The molecule has 0 fully saturated rings. The number of hydrogen-bond donors (Lipinski definition) is 0. The largest absolute Gasteiger partial charge is 0.456 e. The summed E-state index contributed by atoms with van der Waals surface area (Å²) >= 11 is 0. The van der Waals surface area contributed by atoms with Crippen molar-refractivity contribution in [2.24, 2.45) is 0 Å². The summed E-state index contributed by atoms with van der Waals surface area (Å²) < 4.78 is 6.58. The Hall–Kier alpha value is -7.48. The first-order chi connectivity index (χ1) is 29.5. The Morgan fingerprint density at radius 2 is 0.867 bits per heavy atom. The van der Waals surface area contributed by atoms with Crippen molar-refractivity contribution in [3.8, 4) is 44.5 Å². The van der Waals surface area contributed by atoms with Crippen LogP contribution in [0.3, 0.4) is 0 Å². The molecule has 1 aromatic heterocycles. The smallest absolute Gasteiger partial charge is 0.136 e. The van der Waals surface area contributed by atoms with Gasteiger partial charge in [-0.15, -0.1) is 0 Å². The van der Waals surface area contributed by atoms with Crippen molar-refractivity contribution in [3.05, 3.63) is 205 Å². The molecule has 1 nitrogen and oxygen atoms in total. The van der Waals surface area contributed by atoms with Crippen LogP contribution in [0.2, 0.25) is 0 Å². The van der Waals surface area contributed by atoms with Crippen LogP contribution in [0.4, 0.5) is 0 Å². The highest BCUT2D eigenvalue weighted by molar-refractivity contribution is 6.24. The standard InChI is InChI=1S/C59H38O/c1-59(2)51-29-31-53-57(56(51)49-28-26-36-13-4-6-16-43(36)58(49)59)50-34-40(27-30-52(50)60-53)38-22-23-39-33-41(25-24-37(39)32-38)54-45-17-7-9-19-47(45)55(48-20-10-8-18-46(48)54)44-21-11-14-35-12-3-5-15-42(35)44/h3-34H,1-2H3. The Morgan fingerprint density at radius 3 is 1.60 bits per heavy atom. The second kappa shape index (κ2) is 12.3. The van der Waals surface area contributed by atoms with Gasteiger partial charge in [0.15, 0.2) is 0 Å². The zero-order valence-corrected chi connectivity index (χ0v) is 33.4. The average Bonchev–Trinajstić information content (AvgIpc) is 3.78.